The Balaban J connectivity index is 2.09. The van der Waals surface area contributed by atoms with Gasteiger partial charge in [-0.15, -0.1) is 0 Å². The van der Waals surface area contributed by atoms with Crippen LogP contribution in [0.25, 0.3) is 10.9 Å². The number of hydrogen-bond acceptors (Lipinski definition) is 4. The van der Waals surface area contributed by atoms with Crippen molar-refractivity contribution in [2.24, 2.45) is 5.10 Å². The summed E-state index contributed by atoms with van der Waals surface area (Å²) in [5.74, 6) is 1.24. The van der Waals surface area contributed by atoms with Crippen LogP contribution in [0.2, 0.25) is 5.02 Å². The number of rotatable bonds is 6. The number of halogens is 2. The molecule has 0 fully saturated rings. The molecular formula is C20H19BrClN3O2. The summed E-state index contributed by atoms with van der Waals surface area (Å²) in [6.45, 7) is 2.10. The minimum atomic E-state index is -0.191. The van der Waals surface area contributed by atoms with E-state index in [1.807, 2.05) is 18.2 Å². The molecule has 0 atom stereocenters. The highest BCUT2D eigenvalue weighted by molar-refractivity contribution is 9.10. The van der Waals surface area contributed by atoms with E-state index in [1.165, 1.54) is 4.68 Å². The molecule has 3 aromatic rings. The lowest BCUT2D eigenvalue weighted by atomic mass is 10.2. The molecule has 0 aliphatic heterocycles. The average molecular weight is 449 g/mol. The van der Waals surface area contributed by atoms with Gasteiger partial charge in [0, 0.05) is 10.9 Å². The Bertz CT molecular complexity index is 1060. The van der Waals surface area contributed by atoms with Crippen LogP contribution in [0.4, 0.5) is 0 Å². The molecule has 3 rings (SSSR count). The second-order valence-electron chi connectivity index (χ2n) is 6.05. The van der Waals surface area contributed by atoms with E-state index in [0.29, 0.717) is 33.9 Å². The van der Waals surface area contributed by atoms with Crippen LogP contribution < -0.4 is 10.3 Å². The van der Waals surface area contributed by atoms with Gasteiger partial charge in [-0.1, -0.05) is 40.9 Å². The largest absolute Gasteiger partial charge is 0.495 e. The summed E-state index contributed by atoms with van der Waals surface area (Å²) in [7, 11) is 1.56. The number of benzene rings is 2. The average Bonchev–Trinajstić information content (AvgIpc) is 2.66. The lowest BCUT2D eigenvalue weighted by Gasteiger charge is -2.09. The van der Waals surface area contributed by atoms with E-state index >= 15 is 0 Å². The maximum absolute atomic E-state index is 13.0. The lowest BCUT2D eigenvalue weighted by Crippen LogP contribution is -2.22. The summed E-state index contributed by atoms with van der Waals surface area (Å²) < 4.78 is 7.36. The number of aromatic nitrogens is 2. The van der Waals surface area contributed by atoms with Crippen molar-refractivity contribution in [2.45, 2.75) is 26.2 Å². The van der Waals surface area contributed by atoms with E-state index in [0.717, 1.165) is 22.9 Å². The van der Waals surface area contributed by atoms with Gasteiger partial charge in [0.25, 0.3) is 5.56 Å². The molecule has 5 nitrogen and oxygen atoms in total. The summed E-state index contributed by atoms with van der Waals surface area (Å²) in [4.78, 5) is 17.6. The molecule has 1 heterocycles. The second-order valence-corrected chi connectivity index (χ2v) is 7.37. The Morgan fingerprint density at radius 1 is 1.30 bits per heavy atom. The molecule has 1 aromatic heterocycles. The maximum atomic E-state index is 13.0. The monoisotopic (exact) mass is 447 g/mol. The van der Waals surface area contributed by atoms with Gasteiger partial charge < -0.3 is 4.74 Å². The summed E-state index contributed by atoms with van der Waals surface area (Å²) >= 11 is 9.57. The minimum absolute atomic E-state index is 0.191. The molecular weight excluding hydrogens is 430 g/mol. The Kier molecular flexibility index (Phi) is 6.29. The summed E-state index contributed by atoms with van der Waals surface area (Å²) in [6, 6.07) is 10.8. The van der Waals surface area contributed by atoms with Gasteiger partial charge in [0.15, 0.2) is 0 Å². The summed E-state index contributed by atoms with van der Waals surface area (Å²) in [5.41, 5.74) is 1.25. The van der Waals surface area contributed by atoms with Crippen molar-refractivity contribution in [1.29, 1.82) is 0 Å². The first kappa shape index (κ1) is 19.6. The van der Waals surface area contributed by atoms with Crippen molar-refractivity contribution >= 4 is 44.6 Å². The molecule has 140 valence electrons. The van der Waals surface area contributed by atoms with Crippen molar-refractivity contribution in [3.05, 3.63) is 67.6 Å². The van der Waals surface area contributed by atoms with Crippen LogP contribution in [0.3, 0.4) is 0 Å². The fraction of sp³-hybridized carbons (Fsp3) is 0.250. The van der Waals surface area contributed by atoms with Gasteiger partial charge in [0.05, 0.1) is 29.2 Å². The fourth-order valence-electron chi connectivity index (χ4n) is 2.70. The first-order valence-corrected chi connectivity index (χ1v) is 9.79. The quantitative estimate of drug-likeness (QED) is 0.496. The van der Waals surface area contributed by atoms with Crippen LogP contribution in [0.5, 0.6) is 5.75 Å². The third-order valence-electron chi connectivity index (χ3n) is 4.13. The van der Waals surface area contributed by atoms with Crippen molar-refractivity contribution in [1.82, 2.24) is 9.66 Å². The molecule has 0 spiro atoms. The van der Waals surface area contributed by atoms with Crippen molar-refractivity contribution in [3.8, 4) is 5.75 Å². The van der Waals surface area contributed by atoms with Crippen LogP contribution >= 0.6 is 27.5 Å². The normalized spacial score (nSPS) is 11.4. The van der Waals surface area contributed by atoms with Crippen LogP contribution in [-0.2, 0) is 6.42 Å². The van der Waals surface area contributed by atoms with Gasteiger partial charge in [0.1, 0.15) is 11.6 Å². The number of methoxy groups -OCH3 is 1. The molecule has 0 N–H and O–H groups in total. The predicted octanol–water partition coefficient (Wildman–Crippen LogP) is 5.05. The van der Waals surface area contributed by atoms with Crippen LogP contribution in [-0.4, -0.2) is 23.0 Å². The van der Waals surface area contributed by atoms with E-state index in [4.69, 9.17) is 16.3 Å². The Morgan fingerprint density at radius 3 is 2.81 bits per heavy atom. The standard InChI is InChI=1S/C20H19BrClN3O2/c1-3-4-5-19-24-17-8-7-14(21)11-15(17)20(26)25(19)23-12-13-6-9-18(27-2)16(22)10-13/h6-12H,3-5H2,1-2H3. The van der Waals surface area contributed by atoms with Gasteiger partial charge in [0.2, 0.25) is 0 Å². The molecule has 0 bridgehead atoms. The molecule has 0 aliphatic carbocycles. The maximum Gasteiger partial charge on any atom is 0.282 e. The molecule has 0 unspecified atom stereocenters. The van der Waals surface area contributed by atoms with E-state index < -0.39 is 0 Å². The number of aryl methyl sites for hydroxylation is 1. The van der Waals surface area contributed by atoms with Gasteiger partial charge in [-0.05, 0) is 48.4 Å². The molecule has 0 radical (unpaired) electrons. The Hall–Kier alpha value is -2.18. The smallest absolute Gasteiger partial charge is 0.282 e. The zero-order valence-corrected chi connectivity index (χ0v) is 17.4. The first-order valence-electron chi connectivity index (χ1n) is 8.62. The van der Waals surface area contributed by atoms with Crippen molar-refractivity contribution in [3.63, 3.8) is 0 Å². The summed E-state index contributed by atoms with van der Waals surface area (Å²) in [6.07, 6.45) is 4.22. The Labute approximate surface area is 170 Å². The molecule has 7 heteroatoms. The zero-order valence-electron chi connectivity index (χ0n) is 15.1. The van der Waals surface area contributed by atoms with E-state index in [9.17, 15) is 4.79 Å². The molecule has 0 saturated heterocycles. The fourth-order valence-corrected chi connectivity index (χ4v) is 3.33. The van der Waals surface area contributed by atoms with Crippen molar-refractivity contribution < 1.29 is 4.74 Å². The molecule has 0 amide bonds. The molecule has 0 aliphatic rings. The highest BCUT2D eigenvalue weighted by atomic mass is 79.9. The van der Waals surface area contributed by atoms with E-state index in [2.05, 4.69) is 32.9 Å². The number of fused-ring (bicyclic) bond motifs is 1. The van der Waals surface area contributed by atoms with Crippen molar-refractivity contribution in [2.75, 3.05) is 7.11 Å². The molecule has 2 aromatic carbocycles. The second kappa shape index (κ2) is 8.67. The molecule has 0 saturated carbocycles. The minimum Gasteiger partial charge on any atom is -0.495 e. The van der Waals surface area contributed by atoms with E-state index in [1.54, 1.807) is 31.5 Å². The number of unbranched alkanes of at least 4 members (excludes halogenated alkanes) is 1. The van der Waals surface area contributed by atoms with Gasteiger partial charge in [-0.25, -0.2) is 4.98 Å². The predicted molar refractivity (Wildman–Crippen MR) is 113 cm³/mol. The summed E-state index contributed by atoms with van der Waals surface area (Å²) in [5, 5.41) is 5.42. The van der Waals surface area contributed by atoms with Gasteiger partial charge >= 0.3 is 0 Å². The third-order valence-corrected chi connectivity index (χ3v) is 4.92. The van der Waals surface area contributed by atoms with Crippen LogP contribution in [0.1, 0.15) is 31.2 Å². The first-order chi connectivity index (χ1) is 13.0. The highest BCUT2D eigenvalue weighted by Gasteiger charge is 2.11. The lowest BCUT2D eigenvalue weighted by molar-refractivity contribution is 0.415. The number of nitrogens with zero attached hydrogens (tertiary/aromatic N) is 3. The van der Waals surface area contributed by atoms with Crippen LogP contribution in [0.15, 0.2) is 50.8 Å². The number of ether oxygens (including phenoxy) is 1. The SMILES string of the molecule is CCCCc1nc2ccc(Br)cc2c(=O)n1N=Cc1ccc(OC)c(Cl)c1. The number of hydrogen-bond donors (Lipinski definition) is 0. The van der Waals surface area contributed by atoms with Crippen LogP contribution in [0, 0.1) is 0 Å². The molecule has 27 heavy (non-hydrogen) atoms. The van der Waals surface area contributed by atoms with E-state index in [-0.39, 0.29) is 5.56 Å². The third kappa shape index (κ3) is 4.39. The Morgan fingerprint density at radius 2 is 2.11 bits per heavy atom. The topological polar surface area (TPSA) is 56.5 Å². The zero-order chi connectivity index (χ0) is 19.4. The highest BCUT2D eigenvalue weighted by Crippen LogP contribution is 2.24. The van der Waals surface area contributed by atoms with Gasteiger partial charge in [-0.3, -0.25) is 4.79 Å². The van der Waals surface area contributed by atoms with Gasteiger partial charge in [-0.2, -0.15) is 9.78 Å².